The van der Waals surface area contributed by atoms with Crippen LogP contribution in [-0.4, -0.2) is 4.98 Å². The molecule has 0 saturated carbocycles. The molecule has 0 atom stereocenters. The molecule has 1 aromatic heterocycles. The van der Waals surface area contributed by atoms with Crippen LogP contribution in [0.3, 0.4) is 0 Å². The summed E-state index contributed by atoms with van der Waals surface area (Å²) in [4.78, 5) is 3.70. The lowest BCUT2D eigenvalue weighted by molar-refractivity contribution is 0.660. The highest BCUT2D eigenvalue weighted by molar-refractivity contribution is 6.15. The van der Waals surface area contributed by atoms with Crippen LogP contribution in [0.25, 0.3) is 66.0 Å². The molecule has 1 N–H and O–H groups in total. The molecule has 38 heavy (non-hydrogen) atoms. The summed E-state index contributed by atoms with van der Waals surface area (Å²) >= 11 is 0. The molecule has 6 aromatic carbocycles. The minimum Gasteiger partial charge on any atom is -0.354 e. The maximum Gasteiger partial charge on any atom is 0.0544 e. The van der Waals surface area contributed by atoms with E-state index < -0.39 is 0 Å². The van der Waals surface area contributed by atoms with E-state index in [1.165, 1.54) is 77.1 Å². The Morgan fingerprint density at radius 2 is 1.05 bits per heavy atom. The molecule has 1 heteroatoms. The topological polar surface area (TPSA) is 15.8 Å². The molecule has 0 bridgehead atoms. The van der Waals surface area contributed by atoms with Crippen LogP contribution in [0.4, 0.5) is 0 Å². The zero-order chi connectivity index (χ0) is 25.4. The molecule has 0 radical (unpaired) electrons. The monoisotopic (exact) mass is 485 g/mol. The number of nitrogens with one attached hydrogen (secondary N) is 1. The number of hydrogen-bond donors (Lipinski definition) is 1. The van der Waals surface area contributed by atoms with E-state index in [2.05, 4.69) is 140 Å². The van der Waals surface area contributed by atoms with Gasteiger partial charge < -0.3 is 4.98 Å². The number of para-hydroxylation sites is 2. The van der Waals surface area contributed by atoms with Crippen molar-refractivity contribution in [3.63, 3.8) is 0 Å². The summed E-state index contributed by atoms with van der Waals surface area (Å²) < 4.78 is 0. The van der Waals surface area contributed by atoms with E-state index in [0.717, 1.165) is 0 Å². The fourth-order valence-corrected chi connectivity index (χ4v) is 6.77. The molecule has 0 saturated heterocycles. The smallest absolute Gasteiger partial charge is 0.0544 e. The van der Waals surface area contributed by atoms with Gasteiger partial charge in [-0.05, 0) is 61.8 Å². The number of benzene rings is 6. The summed E-state index contributed by atoms with van der Waals surface area (Å²) in [5.74, 6) is 0. The third kappa shape index (κ3) is 2.87. The number of fused-ring (bicyclic) bond motifs is 7. The number of rotatable bonds is 2. The van der Waals surface area contributed by atoms with Crippen molar-refractivity contribution in [1.29, 1.82) is 0 Å². The SMILES string of the molecule is CC1(C)c2ccccc2-c2ccc(-c3cccc4c(-c5cccc6c5[nH]c5ccccc56)cccc34)cc21. The van der Waals surface area contributed by atoms with Crippen molar-refractivity contribution in [3.05, 3.63) is 132 Å². The summed E-state index contributed by atoms with van der Waals surface area (Å²) in [6.07, 6.45) is 0. The minimum absolute atomic E-state index is 0.0110. The molecule has 1 nitrogen and oxygen atoms in total. The van der Waals surface area contributed by atoms with E-state index in [0.29, 0.717) is 0 Å². The molecular formula is C37H27N. The van der Waals surface area contributed by atoms with Crippen molar-refractivity contribution in [1.82, 2.24) is 4.98 Å². The van der Waals surface area contributed by atoms with Gasteiger partial charge >= 0.3 is 0 Å². The van der Waals surface area contributed by atoms with Crippen LogP contribution in [0.2, 0.25) is 0 Å². The highest BCUT2D eigenvalue weighted by Crippen LogP contribution is 2.50. The molecule has 0 unspecified atom stereocenters. The largest absolute Gasteiger partial charge is 0.354 e. The van der Waals surface area contributed by atoms with Crippen molar-refractivity contribution in [2.45, 2.75) is 19.3 Å². The number of H-pyrrole nitrogens is 1. The van der Waals surface area contributed by atoms with Gasteiger partial charge in [0.05, 0.1) is 5.52 Å². The van der Waals surface area contributed by atoms with Gasteiger partial charge in [-0.3, -0.25) is 0 Å². The van der Waals surface area contributed by atoms with Crippen molar-refractivity contribution >= 4 is 32.6 Å². The lowest BCUT2D eigenvalue weighted by Gasteiger charge is -2.22. The van der Waals surface area contributed by atoms with E-state index in [9.17, 15) is 0 Å². The third-order valence-electron chi connectivity index (χ3n) is 8.65. The molecule has 0 fully saturated rings. The van der Waals surface area contributed by atoms with Gasteiger partial charge in [-0.2, -0.15) is 0 Å². The fraction of sp³-hybridized carbons (Fsp3) is 0.0811. The van der Waals surface area contributed by atoms with Crippen molar-refractivity contribution in [3.8, 4) is 33.4 Å². The highest BCUT2D eigenvalue weighted by Gasteiger charge is 2.35. The molecule has 0 spiro atoms. The van der Waals surface area contributed by atoms with Crippen LogP contribution in [0.1, 0.15) is 25.0 Å². The Labute approximate surface area is 222 Å². The van der Waals surface area contributed by atoms with Crippen LogP contribution in [0.5, 0.6) is 0 Å². The highest BCUT2D eigenvalue weighted by atomic mass is 14.7. The van der Waals surface area contributed by atoms with Crippen LogP contribution in [0.15, 0.2) is 121 Å². The average Bonchev–Trinajstić information content (AvgIpc) is 3.45. The first-order valence-electron chi connectivity index (χ1n) is 13.4. The standard InChI is InChI=1S/C37H27N/c1-37(2)33-18-5-3-10-28(33)29-21-20-23(22-34(29)37)24-12-7-14-26-25(24)13-8-15-27(26)31-16-9-17-32-30-11-4-6-19-35(30)38-36(31)32/h3-22,38H,1-2H3. The Kier molecular flexibility index (Phi) is 4.35. The van der Waals surface area contributed by atoms with Gasteiger partial charge in [0, 0.05) is 27.3 Å². The second-order valence-electron chi connectivity index (χ2n) is 11.0. The second-order valence-corrected chi connectivity index (χ2v) is 11.0. The van der Waals surface area contributed by atoms with E-state index in [4.69, 9.17) is 0 Å². The van der Waals surface area contributed by atoms with E-state index in [1.54, 1.807) is 0 Å². The summed E-state index contributed by atoms with van der Waals surface area (Å²) in [6.45, 7) is 4.70. The van der Waals surface area contributed by atoms with Crippen molar-refractivity contribution in [2.24, 2.45) is 0 Å². The third-order valence-corrected chi connectivity index (χ3v) is 8.65. The quantitative estimate of drug-likeness (QED) is 0.251. The maximum absolute atomic E-state index is 3.70. The predicted molar refractivity (Wildman–Crippen MR) is 162 cm³/mol. The lowest BCUT2D eigenvalue weighted by Crippen LogP contribution is -2.14. The molecule has 0 aliphatic heterocycles. The number of aromatic nitrogens is 1. The van der Waals surface area contributed by atoms with Gasteiger partial charge in [-0.25, -0.2) is 0 Å². The van der Waals surface area contributed by atoms with Crippen LogP contribution in [0, 0.1) is 0 Å². The maximum atomic E-state index is 3.70. The van der Waals surface area contributed by atoms with Crippen LogP contribution >= 0.6 is 0 Å². The number of hydrogen-bond acceptors (Lipinski definition) is 0. The first-order chi connectivity index (χ1) is 18.6. The summed E-state index contributed by atoms with van der Waals surface area (Å²) in [6, 6.07) is 44.6. The van der Waals surface area contributed by atoms with E-state index in [1.807, 2.05) is 0 Å². The van der Waals surface area contributed by atoms with Gasteiger partial charge in [-0.1, -0.05) is 123 Å². The van der Waals surface area contributed by atoms with Gasteiger partial charge in [0.1, 0.15) is 0 Å². The molecule has 180 valence electrons. The molecule has 8 rings (SSSR count). The molecule has 1 aliphatic rings. The van der Waals surface area contributed by atoms with Crippen LogP contribution in [-0.2, 0) is 5.41 Å². The predicted octanol–water partition coefficient (Wildman–Crippen LogP) is 10.1. The van der Waals surface area contributed by atoms with E-state index in [-0.39, 0.29) is 5.41 Å². The van der Waals surface area contributed by atoms with Crippen molar-refractivity contribution in [2.75, 3.05) is 0 Å². The molecule has 1 aliphatic carbocycles. The Balaban J connectivity index is 1.34. The Morgan fingerprint density at radius 1 is 0.447 bits per heavy atom. The number of aromatic amines is 1. The van der Waals surface area contributed by atoms with Gasteiger partial charge in [0.25, 0.3) is 0 Å². The van der Waals surface area contributed by atoms with Crippen LogP contribution < -0.4 is 0 Å². The molecule has 1 heterocycles. The summed E-state index contributed by atoms with van der Waals surface area (Å²) in [5, 5.41) is 5.10. The van der Waals surface area contributed by atoms with Gasteiger partial charge in [0.15, 0.2) is 0 Å². The molecule has 0 amide bonds. The minimum atomic E-state index is -0.0110. The lowest BCUT2D eigenvalue weighted by atomic mass is 9.81. The van der Waals surface area contributed by atoms with Crippen molar-refractivity contribution < 1.29 is 0 Å². The van der Waals surface area contributed by atoms with E-state index >= 15 is 0 Å². The first kappa shape index (κ1) is 21.5. The van der Waals surface area contributed by atoms with Gasteiger partial charge in [-0.15, -0.1) is 0 Å². The molecular weight excluding hydrogens is 458 g/mol. The zero-order valence-corrected chi connectivity index (χ0v) is 21.5. The summed E-state index contributed by atoms with van der Waals surface area (Å²) in [7, 11) is 0. The zero-order valence-electron chi connectivity index (χ0n) is 21.5. The molecule has 7 aromatic rings. The first-order valence-corrected chi connectivity index (χ1v) is 13.4. The normalized spacial score (nSPS) is 13.7. The average molecular weight is 486 g/mol. The van der Waals surface area contributed by atoms with Gasteiger partial charge in [0.2, 0.25) is 0 Å². The Morgan fingerprint density at radius 3 is 1.92 bits per heavy atom. The second kappa shape index (κ2) is 7.69. The summed E-state index contributed by atoms with van der Waals surface area (Å²) in [5.41, 5.74) is 13.0. The Hall–Kier alpha value is -4.62. The Bertz CT molecular complexity index is 2050. The fourth-order valence-electron chi connectivity index (χ4n) is 6.77.